The van der Waals surface area contributed by atoms with Gasteiger partial charge in [0.05, 0.1) is 5.92 Å². The molecule has 0 aliphatic heterocycles. The first-order valence-electron chi connectivity index (χ1n) is 3.87. The van der Waals surface area contributed by atoms with Gasteiger partial charge in [0.1, 0.15) is 5.54 Å². The van der Waals surface area contributed by atoms with E-state index in [4.69, 9.17) is 10.8 Å². The molecular weight excluding hydrogens is 187 g/mol. The number of halogens is 3. The van der Waals surface area contributed by atoms with Crippen LogP contribution >= 0.6 is 0 Å². The number of alkyl halides is 3. The number of hydrogen-bond acceptors (Lipinski definition) is 2. The van der Waals surface area contributed by atoms with E-state index in [1.165, 1.54) is 0 Å². The minimum absolute atomic E-state index is 0.00530. The molecule has 3 nitrogen and oxygen atoms in total. The normalized spacial score (nSPS) is 34.9. The van der Waals surface area contributed by atoms with Gasteiger partial charge in [0.25, 0.3) is 0 Å². The predicted octanol–water partition coefficient (Wildman–Crippen LogP) is 1.13. The molecule has 0 bridgehead atoms. The molecule has 0 aromatic carbocycles. The average Bonchev–Trinajstić information content (AvgIpc) is 2.30. The molecule has 0 aromatic rings. The lowest BCUT2D eigenvalue weighted by atomic mass is 9.87. The van der Waals surface area contributed by atoms with Crippen molar-refractivity contribution in [2.75, 3.05) is 0 Å². The molecule has 1 rings (SSSR count). The molecule has 1 saturated carbocycles. The van der Waals surface area contributed by atoms with Crippen molar-refractivity contribution in [2.24, 2.45) is 11.7 Å². The molecule has 3 N–H and O–H groups in total. The first-order valence-corrected chi connectivity index (χ1v) is 3.87. The molecule has 1 fully saturated rings. The van der Waals surface area contributed by atoms with Gasteiger partial charge < -0.3 is 10.8 Å². The Bertz CT molecular complexity index is 228. The van der Waals surface area contributed by atoms with E-state index in [1.54, 1.807) is 0 Å². The van der Waals surface area contributed by atoms with Gasteiger partial charge in [0, 0.05) is 0 Å². The van der Waals surface area contributed by atoms with Gasteiger partial charge in [-0.2, -0.15) is 13.2 Å². The van der Waals surface area contributed by atoms with Gasteiger partial charge in [-0.1, -0.05) is 6.42 Å². The Labute approximate surface area is 72.7 Å². The zero-order valence-corrected chi connectivity index (χ0v) is 6.77. The minimum Gasteiger partial charge on any atom is -0.481 e. The SMILES string of the molecule is N[C@@]1(C(F)(F)F)CCC[C@H]1C(=O)O. The summed E-state index contributed by atoms with van der Waals surface area (Å²) in [6.07, 6.45) is -4.71. The highest BCUT2D eigenvalue weighted by Gasteiger charge is 2.61. The number of carbonyl (C=O) groups is 1. The first kappa shape index (κ1) is 10.3. The van der Waals surface area contributed by atoms with Gasteiger partial charge in [-0.25, -0.2) is 0 Å². The van der Waals surface area contributed by atoms with Gasteiger partial charge in [-0.05, 0) is 12.8 Å². The second kappa shape index (κ2) is 2.87. The first-order chi connectivity index (χ1) is 5.79. The van der Waals surface area contributed by atoms with Gasteiger partial charge >= 0.3 is 12.1 Å². The van der Waals surface area contributed by atoms with E-state index in [2.05, 4.69) is 0 Å². The van der Waals surface area contributed by atoms with E-state index in [1.807, 2.05) is 0 Å². The van der Waals surface area contributed by atoms with Crippen LogP contribution in [-0.2, 0) is 4.79 Å². The van der Waals surface area contributed by atoms with E-state index < -0.39 is 23.6 Å². The summed E-state index contributed by atoms with van der Waals surface area (Å²) in [7, 11) is 0. The van der Waals surface area contributed by atoms with Gasteiger partial charge in [-0.3, -0.25) is 4.79 Å². The maximum atomic E-state index is 12.4. The van der Waals surface area contributed by atoms with Crippen LogP contribution in [0.3, 0.4) is 0 Å². The Morgan fingerprint density at radius 1 is 1.54 bits per heavy atom. The van der Waals surface area contributed by atoms with Crippen LogP contribution < -0.4 is 5.73 Å². The van der Waals surface area contributed by atoms with Crippen molar-refractivity contribution in [1.29, 1.82) is 0 Å². The lowest BCUT2D eigenvalue weighted by Gasteiger charge is -2.30. The summed E-state index contributed by atoms with van der Waals surface area (Å²) in [5, 5.41) is 8.53. The lowest BCUT2D eigenvalue weighted by Crippen LogP contribution is -2.58. The van der Waals surface area contributed by atoms with Gasteiger partial charge in [-0.15, -0.1) is 0 Å². The summed E-state index contributed by atoms with van der Waals surface area (Å²) in [5.74, 6) is -2.95. The molecular formula is C7H10F3NO2. The summed E-state index contributed by atoms with van der Waals surface area (Å²) in [5.41, 5.74) is 2.55. The van der Waals surface area contributed by atoms with Crippen molar-refractivity contribution in [3.8, 4) is 0 Å². The fourth-order valence-corrected chi connectivity index (χ4v) is 1.71. The van der Waals surface area contributed by atoms with Crippen molar-refractivity contribution in [1.82, 2.24) is 0 Å². The molecule has 0 spiro atoms. The maximum absolute atomic E-state index is 12.4. The molecule has 2 atom stereocenters. The van der Waals surface area contributed by atoms with Crippen LogP contribution in [0.5, 0.6) is 0 Å². The fraction of sp³-hybridized carbons (Fsp3) is 0.857. The van der Waals surface area contributed by atoms with E-state index in [9.17, 15) is 18.0 Å². The van der Waals surface area contributed by atoms with Crippen molar-refractivity contribution in [3.63, 3.8) is 0 Å². The number of aliphatic carboxylic acids is 1. The van der Waals surface area contributed by atoms with E-state index in [0.717, 1.165) is 0 Å². The monoisotopic (exact) mass is 197 g/mol. The fourth-order valence-electron chi connectivity index (χ4n) is 1.71. The summed E-state index contributed by atoms with van der Waals surface area (Å²) in [6.45, 7) is 0. The summed E-state index contributed by atoms with van der Waals surface area (Å²) < 4.78 is 37.1. The molecule has 0 radical (unpaired) electrons. The van der Waals surface area contributed by atoms with Crippen molar-refractivity contribution in [3.05, 3.63) is 0 Å². The van der Waals surface area contributed by atoms with E-state index in [-0.39, 0.29) is 19.3 Å². The molecule has 76 valence electrons. The van der Waals surface area contributed by atoms with E-state index in [0.29, 0.717) is 0 Å². The number of carboxylic acids is 1. The smallest absolute Gasteiger partial charge is 0.407 e. The van der Waals surface area contributed by atoms with Crippen LogP contribution in [0.2, 0.25) is 0 Å². The molecule has 0 saturated heterocycles. The number of carboxylic acid groups (broad SMARTS) is 1. The second-order valence-corrected chi connectivity index (χ2v) is 3.32. The zero-order valence-electron chi connectivity index (χ0n) is 6.77. The molecule has 0 unspecified atom stereocenters. The molecule has 1 aliphatic rings. The second-order valence-electron chi connectivity index (χ2n) is 3.32. The highest BCUT2D eigenvalue weighted by molar-refractivity contribution is 5.72. The van der Waals surface area contributed by atoms with Crippen LogP contribution in [0.1, 0.15) is 19.3 Å². The Morgan fingerprint density at radius 3 is 2.38 bits per heavy atom. The molecule has 13 heavy (non-hydrogen) atoms. The van der Waals surface area contributed by atoms with Crippen LogP contribution in [0.4, 0.5) is 13.2 Å². The Morgan fingerprint density at radius 2 is 2.08 bits per heavy atom. The third-order valence-electron chi connectivity index (χ3n) is 2.53. The Balaban J connectivity index is 2.95. The van der Waals surface area contributed by atoms with Crippen LogP contribution in [0, 0.1) is 5.92 Å². The van der Waals surface area contributed by atoms with Crippen molar-refractivity contribution in [2.45, 2.75) is 31.0 Å². The summed E-state index contributed by atoms with van der Waals surface area (Å²) in [4.78, 5) is 10.5. The number of nitrogens with two attached hydrogens (primary N) is 1. The predicted molar refractivity (Wildman–Crippen MR) is 38.0 cm³/mol. The topological polar surface area (TPSA) is 63.3 Å². The third-order valence-corrected chi connectivity index (χ3v) is 2.53. The minimum atomic E-state index is -4.63. The van der Waals surface area contributed by atoms with Crippen molar-refractivity contribution >= 4 is 5.97 Å². The van der Waals surface area contributed by atoms with Crippen LogP contribution in [-0.4, -0.2) is 22.8 Å². The standard InChI is InChI=1S/C7H10F3NO2/c8-7(9,10)6(11)3-1-2-4(6)5(12)13/h4H,1-3,11H2,(H,12,13)/t4-,6-/m0/s1. The van der Waals surface area contributed by atoms with Crippen LogP contribution in [0.25, 0.3) is 0 Å². The summed E-state index contributed by atoms with van der Waals surface area (Å²) >= 11 is 0. The van der Waals surface area contributed by atoms with Gasteiger partial charge in [0.15, 0.2) is 0 Å². The highest BCUT2D eigenvalue weighted by atomic mass is 19.4. The molecule has 1 aliphatic carbocycles. The van der Waals surface area contributed by atoms with Crippen molar-refractivity contribution < 1.29 is 23.1 Å². The molecule has 0 amide bonds. The molecule has 6 heteroatoms. The lowest BCUT2D eigenvalue weighted by molar-refractivity contribution is -0.201. The quantitative estimate of drug-likeness (QED) is 0.662. The molecule has 0 aromatic heterocycles. The zero-order chi connectivity index (χ0) is 10.3. The summed E-state index contributed by atoms with van der Waals surface area (Å²) in [6, 6.07) is 0. The maximum Gasteiger partial charge on any atom is 0.407 e. The van der Waals surface area contributed by atoms with E-state index >= 15 is 0 Å². The van der Waals surface area contributed by atoms with Crippen LogP contribution in [0.15, 0.2) is 0 Å². The number of hydrogen-bond donors (Lipinski definition) is 2. The largest absolute Gasteiger partial charge is 0.481 e. The highest BCUT2D eigenvalue weighted by Crippen LogP contribution is 2.44. The van der Waals surface area contributed by atoms with Gasteiger partial charge in [0.2, 0.25) is 0 Å². The Hall–Kier alpha value is -0.780. The average molecular weight is 197 g/mol. The third kappa shape index (κ3) is 1.50. The Kier molecular flexibility index (Phi) is 2.27. The molecule has 0 heterocycles. The number of rotatable bonds is 1.